The highest BCUT2D eigenvalue weighted by Gasteiger charge is 2.25. The summed E-state index contributed by atoms with van der Waals surface area (Å²) in [6, 6.07) is 5.55. The lowest BCUT2D eigenvalue weighted by Gasteiger charge is -2.35. The molecule has 2 amide bonds. The van der Waals surface area contributed by atoms with E-state index in [1.165, 1.54) is 6.08 Å². The van der Waals surface area contributed by atoms with Crippen LogP contribution < -0.4 is 5.32 Å². The molecule has 1 aliphatic heterocycles. The van der Waals surface area contributed by atoms with E-state index in [1.54, 1.807) is 17.2 Å². The van der Waals surface area contributed by atoms with Crippen LogP contribution in [0.25, 0.3) is 6.08 Å². The van der Waals surface area contributed by atoms with E-state index in [2.05, 4.69) is 15.2 Å². The number of pyridine rings is 1. The molecule has 0 bridgehead atoms. The topological polar surface area (TPSA) is 74.8 Å². The molecule has 0 saturated carbocycles. The molecule has 0 atom stereocenters. The van der Waals surface area contributed by atoms with Crippen LogP contribution in [0.1, 0.15) is 26.5 Å². The smallest absolute Gasteiger partial charge is 0.410 e. The molecule has 142 valence electrons. The summed E-state index contributed by atoms with van der Waals surface area (Å²) in [6.07, 6.45) is 4.61. The molecule has 2 heterocycles. The lowest BCUT2D eigenvalue weighted by molar-refractivity contribution is -0.116. The highest BCUT2D eigenvalue weighted by Crippen LogP contribution is 2.11. The maximum absolute atomic E-state index is 12.0. The summed E-state index contributed by atoms with van der Waals surface area (Å²) in [7, 11) is 0. The Morgan fingerprint density at radius 2 is 1.96 bits per heavy atom. The lowest BCUT2D eigenvalue weighted by Crippen LogP contribution is -2.51. The van der Waals surface area contributed by atoms with Crippen molar-refractivity contribution in [3.05, 3.63) is 36.2 Å². The standard InChI is InChI=1S/C19H28N4O3/c1-19(2,3)26-18(25)23-14-12-22(13-15-23)11-10-21-17(24)8-7-16-6-4-5-9-20-16/h4-9H,10-15H2,1-3H3,(H,21,24)/b8-7+. The molecule has 1 saturated heterocycles. The fraction of sp³-hybridized carbons (Fsp3) is 0.526. The van der Waals surface area contributed by atoms with E-state index < -0.39 is 5.60 Å². The van der Waals surface area contributed by atoms with Gasteiger partial charge < -0.3 is 15.0 Å². The third-order valence-electron chi connectivity index (χ3n) is 3.84. The van der Waals surface area contributed by atoms with Gasteiger partial charge in [0.2, 0.25) is 5.91 Å². The number of nitrogens with zero attached hydrogens (tertiary/aromatic N) is 3. The van der Waals surface area contributed by atoms with Crippen LogP contribution in [0.3, 0.4) is 0 Å². The predicted octanol–water partition coefficient (Wildman–Crippen LogP) is 1.76. The van der Waals surface area contributed by atoms with E-state index in [0.717, 1.165) is 25.3 Å². The maximum Gasteiger partial charge on any atom is 0.410 e. The Morgan fingerprint density at radius 3 is 2.58 bits per heavy atom. The van der Waals surface area contributed by atoms with Gasteiger partial charge in [-0.1, -0.05) is 6.07 Å². The van der Waals surface area contributed by atoms with Crippen molar-refractivity contribution in [2.24, 2.45) is 0 Å². The minimum Gasteiger partial charge on any atom is -0.444 e. The van der Waals surface area contributed by atoms with Crippen LogP contribution in [0.5, 0.6) is 0 Å². The van der Waals surface area contributed by atoms with Crippen LogP contribution in [0.4, 0.5) is 4.79 Å². The lowest BCUT2D eigenvalue weighted by atomic mass is 10.2. The second-order valence-electron chi connectivity index (χ2n) is 7.19. The van der Waals surface area contributed by atoms with E-state index in [4.69, 9.17) is 4.74 Å². The third-order valence-corrected chi connectivity index (χ3v) is 3.84. The number of carbonyl (C=O) groups excluding carboxylic acids is 2. The van der Waals surface area contributed by atoms with Crippen LogP contribution in [0.15, 0.2) is 30.5 Å². The summed E-state index contributed by atoms with van der Waals surface area (Å²) in [4.78, 5) is 31.9. The molecule has 0 radical (unpaired) electrons. The van der Waals surface area contributed by atoms with Crippen molar-refractivity contribution in [3.8, 4) is 0 Å². The Morgan fingerprint density at radius 1 is 1.23 bits per heavy atom. The van der Waals surface area contributed by atoms with Gasteiger partial charge in [0.25, 0.3) is 0 Å². The summed E-state index contributed by atoms with van der Waals surface area (Å²) in [5.41, 5.74) is 0.280. The fourth-order valence-corrected chi connectivity index (χ4v) is 2.51. The molecule has 2 rings (SSSR count). The number of ether oxygens (including phenoxy) is 1. The first kappa shape index (κ1) is 19.9. The van der Waals surface area contributed by atoms with Crippen molar-refractivity contribution in [2.75, 3.05) is 39.3 Å². The zero-order valence-electron chi connectivity index (χ0n) is 15.8. The van der Waals surface area contributed by atoms with Gasteiger partial charge in [0.1, 0.15) is 5.60 Å². The maximum atomic E-state index is 12.0. The van der Waals surface area contributed by atoms with Crippen LogP contribution in [-0.4, -0.2) is 71.7 Å². The number of piperazine rings is 1. The van der Waals surface area contributed by atoms with Gasteiger partial charge in [0.15, 0.2) is 0 Å². The number of hydrogen-bond acceptors (Lipinski definition) is 5. The summed E-state index contributed by atoms with van der Waals surface area (Å²) in [6.45, 7) is 9.76. The molecule has 1 aromatic rings. The average molecular weight is 360 g/mol. The third kappa shape index (κ3) is 7.23. The summed E-state index contributed by atoms with van der Waals surface area (Å²) in [5.74, 6) is -0.136. The molecule has 1 aliphatic rings. The van der Waals surface area contributed by atoms with Gasteiger partial charge in [-0.2, -0.15) is 0 Å². The minimum atomic E-state index is -0.471. The van der Waals surface area contributed by atoms with Gasteiger partial charge in [-0.3, -0.25) is 14.7 Å². The summed E-state index contributed by atoms with van der Waals surface area (Å²) in [5, 5.41) is 2.86. The Bertz CT molecular complexity index is 617. The second-order valence-corrected chi connectivity index (χ2v) is 7.19. The van der Waals surface area contributed by atoms with Crippen molar-refractivity contribution >= 4 is 18.1 Å². The molecule has 0 aromatic carbocycles. The van der Waals surface area contributed by atoms with E-state index >= 15 is 0 Å². The number of aromatic nitrogens is 1. The molecule has 1 fully saturated rings. The van der Waals surface area contributed by atoms with Crippen molar-refractivity contribution in [3.63, 3.8) is 0 Å². The van der Waals surface area contributed by atoms with Gasteiger partial charge in [-0.25, -0.2) is 4.79 Å². The molecule has 7 heteroatoms. The van der Waals surface area contributed by atoms with Crippen molar-refractivity contribution in [2.45, 2.75) is 26.4 Å². The normalized spacial score (nSPS) is 15.9. The number of hydrogen-bond donors (Lipinski definition) is 1. The van der Waals surface area contributed by atoms with E-state index in [-0.39, 0.29) is 12.0 Å². The summed E-state index contributed by atoms with van der Waals surface area (Å²) >= 11 is 0. The molecular formula is C19H28N4O3. The number of amides is 2. The first-order valence-electron chi connectivity index (χ1n) is 8.91. The van der Waals surface area contributed by atoms with Crippen molar-refractivity contribution < 1.29 is 14.3 Å². The summed E-state index contributed by atoms with van der Waals surface area (Å²) < 4.78 is 5.39. The molecule has 26 heavy (non-hydrogen) atoms. The molecule has 0 spiro atoms. The zero-order valence-corrected chi connectivity index (χ0v) is 15.8. The van der Waals surface area contributed by atoms with Crippen LogP contribution in [-0.2, 0) is 9.53 Å². The van der Waals surface area contributed by atoms with Gasteiger partial charge >= 0.3 is 6.09 Å². The Hall–Kier alpha value is -2.41. The van der Waals surface area contributed by atoms with Crippen LogP contribution >= 0.6 is 0 Å². The van der Waals surface area contributed by atoms with E-state index in [9.17, 15) is 9.59 Å². The van der Waals surface area contributed by atoms with Gasteiger partial charge in [0, 0.05) is 51.5 Å². The quantitative estimate of drug-likeness (QED) is 0.810. The van der Waals surface area contributed by atoms with Crippen LogP contribution in [0, 0.1) is 0 Å². The van der Waals surface area contributed by atoms with E-state index in [1.807, 2.05) is 39.0 Å². The van der Waals surface area contributed by atoms with Crippen molar-refractivity contribution in [1.82, 2.24) is 20.1 Å². The second kappa shape index (κ2) is 9.33. The number of carbonyl (C=O) groups is 2. The van der Waals surface area contributed by atoms with Crippen molar-refractivity contribution in [1.29, 1.82) is 0 Å². The predicted molar refractivity (Wildman–Crippen MR) is 101 cm³/mol. The Labute approximate surface area is 155 Å². The fourth-order valence-electron chi connectivity index (χ4n) is 2.51. The molecule has 0 unspecified atom stereocenters. The molecule has 0 aliphatic carbocycles. The average Bonchev–Trinajstić information content (AvgIpc) is 2.60. The number of nitrogens with one attached hydrogen (secondary N) is 1. The van der Waals surface area contributed by atoms with Gasteiger partial charge in [-0.05, 0) is 39.0 Å². The zero-order chi connectivity index (χ0) is 19.0. The first-order chi connectivity index (χ1) is 12.3. The monoisotopic (exact) mass is 360 g/mol. The SMILES string of the molecule is CC(C)(C)OC(=O)N1CCN(CCNC(=O)/C=C/c2ccccn2)CC1. The Kier molecular flexibility index (Phi) is 7.15. The highest BCUT2D eigenvalue weighted by atomic mass is 16.6. The van der Waals surface area contributed by atoms with Gasteiger partial charge in [-0.15, -0.1) is 0 Å². The highest BCUT2D eigenvalue weighted by molar-refractivity contribution is 5.91. The molecular weight excluding hydrogens is 332 g/mol. The number of rotatable bonds is 5. The minimum absolute atomic E-state index is 0.136. The van der Waals surface area contributed by atoms with Gasteiger partial charge in [0.05, 0.1) is 5.69 Å². The first-order valence-corrected chi connectivity index (χ1v) is 8.91. The Balaban J connectivity index is 1.63. The largest absolute Gasteiger partial charge is 0.444 e. The molecule has 1 N–H and O–H groups in total. The van der Waals surface area contributed by atoms with E-state index in [0.29, 0.717) is 19.6 Å². The molecule has 1 aromatic heterocycles. The molecule has 7 nitrogen and oxygen atoms in total. The van der Waals surface area contributed by atoms with Crippen LogP contribution in [0.2, 0.25) is 0 Å².